The smallest absolute Gasteiger partial charge is 0.251 e. The molecule has 1 aliphatic carbocycles. The molecule has 1 aliphatic heterocycles. The number of likely N-dealkylation sites (tertiary alicyclic amines) is 1. The predicted octanol–water partition coefficient (Wildman–Crippen LogP) is 3.14. The summed E-state index contributed by atoms with van der Waals surface area (Å²) in [5.41, 5.74) is 1.74. The highest BCUT2D eigenvalue weighted by Gasteiger charge is 2.25. The van der Waals surface area contributed by atoms with E-state index < -0.39 is 0 Å². The summed E-state index contributed by atoms with van der Waals surface area (Å²) in [4.78, 5) is 23.5. The first-order chi connectivity index (χ1) is 14.6. The molecule has 1 N–H and O–H groups in total. The topological polar surface area (TPSA) is 76.6 Å². The molecule has 0 unspecified atom stereocenters. The Morgan fingerprint density at radius 1 is 1.17 bits per heavy atom. The predicted molar refractivity (Wildman–Crippen MR) is 116 cm³/mol. The molecular weight excluding hydrogens is 400 g/mol. The minimum absolute atomic E-state index is 0.0467. The Morgan fingerprint density at radius 3 is 2.53 bits per heavy atom. The molecule has 0 radical (unpaired) electrons. The van der Waals surface area contributed by atoms with Gasteiger partial charge in [0.15, 0.2) is 16.7 Å². The summed E-state index contributed by atoms with van der Waals surface area (Å²) < 4.78 is 11.7. The molecule has 1 saturated carbocycles. The maximum Gasteiger partial charge on any atom is 0.251 e. The van der Waals surface area contributed by atoms with Crippen LogP contribution in [0.15, 0.2) is 35.7 Å². The van der Waals surface area contributed by atoms with Gasteiger partial charge in [0.2, 0.25) is 0 Å². The Morgan fingerprint density at radius 2 is 1.90 bits per heavy atom. The summed E-state index contributed by atoms with van der Waals surface area (Å²) in [5.74, 6) is 1.25. The molecule has 0 atom stereocenters. The zero-order valence-corrected chi connectivity index (χ0v) is 18.3. The van der Waals surface area contributed by atoms with Gasteiger partial charge in [-0.25, -0.2) is 9.97 Å². The molecule has 1 aromatic heterocycles. The van der Waals surface area contributed by atoms with Crippen LogP contribution in [0, 0.1) is 0 Å². The summed E-state index contributed by atoms with van der Waals surface area (Å²) in [6.45, 7) is 2.74. The average molecular weight is 429 g/mol. The lowest BCUT2D eigenvalue weighted by Gasteiger charge is -2.32. The van der Waals surface area contributed by atoms with Crippen molar-refractivity contribution in [3.8, 4) is 11.5 Å². The number of ether oxygens (including phenoxy) is 2. The van der Waals surface area contributed by atoms with Gasteiger partial charge in [-0.05, 0) is 50.1 Å². The standard InChI is InChI=1S/C22H28N4O3S/c1-28-19-6-3-16(21(27)25-17-4-5-17)11-20(19)29-18-7-9-26(10-8-18)14-15-12-23-22(30-2)24-13-15/h3,6,11-13,17-18H,4-5,7-10,14H2,1-2H3,(H,25,27). The van der Waals surface area contributed by atoms with Crippen molar-refractivity contribution in [3.05, 3.63) is 41.7 Å². The average Bonchev–Trinajstić information content (AvgIpc) is 3.59. The van der Waals surface area contributed by atoms with E-state index in [9.17, 15) is 4.79 Å². The minimum Gasteiger partial charge on any atom is -0.493 e. The van der Waals surface area contributed by atoms with Gasteiger partial charge in [-0.3, -0.25) is 9.69 Å². The highest BCUT2D eigenvalue weighted by atomic mass is 32.2. The van der Waals surface area contributed by atoms with Gasteiger partial charge < -0.3 is 14.8 Å². The van der Waals surface area contributed by atoms with Crippen molar-refractivity contribution in [2.75, 3.05) is 26.5 Å². The second-order valence-corrected chi connectivity index (χ2v) is 8.56. The van der Waals surface area contributed by atoms with E-state index in [0.717, 1.165) is 56.0 Å². The third kappa shape index (κ3) is 5.43. The molecular formula is C22H28N4O3S. The Bertz CT molecular complexity index is 865. The van der Waals surface area contributed by atoms with E-state index in [2.05, 4.69) is 20.2 Å². The monoisotopic (exact) mass is 428 g/mol. The SMILES string of the molecule is COc1ccc(C(=O)NC2CC2)cc1OC1CCN(Cc2cnc(SC)nc2)CC1. The second kappa shape index (κ2) is 9.66. The molecule has 1 saturated heterocycles. The molecule has 2 fully saturated rings. The van der Waals surface area contributed by atoms with Crippen molar-refractivity contribution in [1.82, 2.24) is 20.2 Å². The lowest BCUT2D eigenvalue weighted by Crippen LogP contribution is -2.38. The highest BCUT2D eigenvalue weighted by Crippen LogP contribution is 2.31. The number of benzene rings is 1. The number of methoxy groups -OCH3 is 1. The Kier molecular flexibility index (Phi) is 6.74. The molecule has 8 heteroatoms. The number of hydrogen-bond donors (Lipinski definition) is 1. The fourth-order valence-corrected chi connectivity index (χ4v) is 3.88. The van der Waals surface area contributed by atoms with Crippen molar-refractivity contribution in [2.24, 2.45) is 0 Å². The minimum atomic E-state index is -0.0467. The molecule has 160 valence electrons. The van der Waals surface area contributed by atoms with Gasteiger partial charge in [-0.2, -0.15) is 0 Å². The van der Waals surface area contributed by atoms with Crippen LogP contribution in [0.1, 0.15) is 41.6 Å². The van der Waals surface area contributed by atoms with E-state index in [0.29, 0.717) is 23.1 Å². The van der Waals surface area contributed by atoms with Gasteiger partial charge in [0, 0.05) is 49.2 Å². The summed E-state index contributed by atoms with van der Waals surface area (Å²) in [6, 6.07) is 5.73. The van der Waals surface area contributed by atoms with Crippen molar-refractivity contribution in [2.45, 2.75) is 49.5 Å². The van der Waals surface area contributed by atoms with Crippen LogP contribution in [0.2, 0.25) is 0 Å². The molecule has 2 heterocycles. The first-order valence-corrected chi connectivity index (χ1v) is 11.6. The number of nitrogens with zero attached hydrogens (tertiary/aromatic N) is 3. The van der Waals surface area contributed by atoms with Crippen LogP contribution in [0.3, 0.4) is 0 Å². The van der Waals surface area contributed by atoms with E-state index in [1.807, 2.05) is 24.7 Å². The summed E-state index contributed by atoms with van der Waals surface area (Å²) in [6.07, 6.45) is 9.87. The van der Waals surface area contributed by atoms with Crippen LogP contribution in [-0.2, 0) is 6.54 Å². The Balaban J connectivity index is 1.32. The summed E-state index contributed by atoms with van der Waals surface area (Å²) in [7, 11) is 1.62. The van der Waals surface area contributed by atoms with Crippen molar-refractivity contribution in [3.63, 3.8) is 0 Å². The van der Waals surface area contributed by atoms with E-state index in [4.69, 9.17) is 9.47 Å². The van der Waals surface area contributed by atoms with Crippen LogP contribution in [0.5, 0.6) is 11.5 Å². The zero-order chi connectivity index (χ0) is 20.9. The first-order valence-electron chi connectivity index (χ1n) is 10.4. The normalized spacial score (nSPS) is 17.5. The lowest BCUT2D eigenvalue weighted by atomic mass is 10.1. The van der Waals surface area contributed by atoms with Crippen molar-refractivity contribution >= 4 is 17.7 Å². The molecule has 0 bridgehead atoms. The number of aromatic nitrogens is 2. The van der Waals surface area contributed by atoms with Gasteiger partial charge in [0.25, 0.3) is 5.91 Å². The van der Waals surface area contributed by atoms with Gasteiger partial charge in [0.05, 0.1) is 7.11 Å². The van der Waals surface area contributed by atoms with Gasteiger partial charge in [-0.15, -0.1) is 0 Å². The number of carbonyl (C=O) groups excluding carboxylic acids is 1. The third-order valence-corrected chi connectivity index (χ3v) is 6.01. The van der Waals surface area contributed by atoms with E-state index in [1.54, 1.807) is 31.0 Å². The Hall–Kier alpha value is -2.32. The first kappa shape index (κ1) is 20.9. The molecule has 0 spiro atoms. The molecule has 2 aromatic rings. The van der Waals surface area contributed by atoms with Gasteiger partial charge in [-0.1, -0.05) is 11.8 Å². The lowest BCUT2D eigenvalue weighted by molar-refractivity contribution is 0.0922. The molecule has 4 rings (SSSR count). The molecule has 30 heavy (non-hydrogen) atoms. The number of nitrogens with one attached hydrogen (secondary N) is 1. The van der Waals surface area contributed by atoms with E-state index in [1.165, 1.54) is 0 Å². The summed E-state index contributed by atoms with van der Waals surface area (Å²) in [5, 5.41) is 3.82. The molecule has 1 amide bonds. The number of hydrogen-bond acceptors (Lipinski definition) is 7. The van der Waals surface area contributed by atoms with Crippen LogP contribution >= 0.6 is 11.8 Å². The van der Waals surface area contributed by atoms with Gasteiger partial charge in [0.1, 0.15) is 6.10 Å². The van der Waals surface area contributed by atoms with Crippen LogP contribution in [0.4, 0.5) is 0 Å². The van der Waals surface area contributed by atoms with Crippen LogP contribution in [-0.4, -0.2) is 59.4 Å². The van der Waals surface area contributed by atoms with Crippen LogP contribution in [0.25, 0.3) is 0 Å². The fourth-order valence-electron chi connectivity index (χ4n) is 3.56. The van der Waals surface area contributed by atoms with Crippen molar-refractivity contribution < 1.29 is 14.3 Å². The van der Waals surface area contributed by atoms with Gasteiger partial charge >= 0.3 is 0 Å². The van der Waals surface area contributed by atoms with E-state index in [-0.39, 0.29) is 12.0 Å². The maximum atomic E-state index is 12.4. The fraction of sp³-hybridized carbons (Fsp3) is 0.500. The second-order valence-electron chi connectivity index (χ2n) is 7.78. The highest BCUT2D eigenvalue weighted by molar-refractivity contribution is 7.98. The maximum absolute atomic E-state index is 12.4. The van der Waals surface area contributed by atoms with Crippen molar-refractivity contribution in [1.29, 1.82) is 0 Å². The number of rotatable bonds is 8. The zero-order valence-electron chi connectivity index (χ0n) is 17.5. The molecule has 7 nitrogen and oxygen atoms in total. The molecule has 2 aliphatic rings. The number of carbonyl (C=O) groups is 1. The number of amides is 1. The largest absolute Gasteiger partial charge is 0.493 e. The third-order valence-electron chi connectivity index (χ3n) is 5.44. The summed E-state index contributed by atoms with van der Waals surface area (Å²) >= 11 is 1.55. The van der Waals surface area contributed by atoms with Crippen LogP contribution < -0.4 is 14.8 Å². The Labute approximate surface area is 181 Å². The number of piperidine rings is 1. The molecule has 1 aromatic carbocycles. The quantitative estimate of drug-likeness (QED) is 0.511. The number of thioether (sulfide) groups is 1. The van der Waals surface area contributed by atoms with E-state index >= 15 is 0 Å².